The molecule has 2 aromatic rings. The van der Waals surface area contributed by atoms with Crippen molar-refractivity contribution in [3.05, 3.63) is 30.5 Å². The van der Waals surface area contributed by atoms with Crippen LogP contribution in [0.25, 0.3) is 5.65 Å². The van der Waals surface area contributed by atoms with Gasteiger partial charge in [0, 0.05) is 24.8 Å². The Kier molecular flexibility index (Phi) is 1.97. The van der Waals surface area contributed by atoms with Gasteiger partial charge in [0.05, 0.1) is 0 Å². The molecule has 74 valence electrons. The van der Waals surface area contributed by atoms with Crippen molar-refractivity contribution < 1.29 is 13.0 Å². The molecule has 2 rings (SSSR count). The highest BCUT2D eigenvalue weighted by atomic mass is 32.2. The summed E-state index contributed by atoms with van der Waals surface area (Å²) in [6, 6.07) is 0. The molecule has 2 aromatic heterocycles. The van der Waals surface area contributed by atoms with E-state index in [2.05, 4.69) is 9.97 Å². The number of aromatic nitrogens is 3. The third-order valence-corrected chi connectivity index (χ3v) is 2.34. The average Bonchev–Trinajstić information content (AvgIpc) is 2.49. The fraction of sp³-hybridized carbons (Fsp3) is 0.143. The van der Waals surface area contributed by atoms with E-state index in [4.69, 9.17) is 4.55 Å². The molecule has 0 radical (unpaired) electrons. The van der Waals surface area contributed by atoms with Crippen LogP contribution in [0.2, 0.25) is 0 Å². The minimum Gasteiger partial charge on any atom is -0.304 e. The van der Waals surface area contributed by atoms with Crippen LogP contribution in [0.1, 0.15) is 5.69 Å². The first kappa shape index (κ1) is 9.10. The highest BCUT2D eigenvalue weighted by Crippen LogP contribution is 2.08. The zero-order valence-electron chi connectivity index (χ0n) is 7.03. The molecule has 2 heterocycles. The topological polar surface area (TPSA) is 84.6 Å². The lowest BCUT2D eigenvalue weighted by atomic mass is 10.5. The van der Waals surface area contributed by atoms with E-state index in [9.17, 15) is 8.42 Å². The van der Waals surface area contributed by atoms with E-state index in [1.54, 1.807) is 16.8 Å². The normalized spacial score (nSPS) is 12.1. The van der Waals surface area contributed by atoms with Gasteiger partial charge < -0.3 is 4.40 Å². The third-order valence-electron chi connectivity index (χ3n) is 1.70. The number of nitrogens with zero attached hydrogens (tertiary/aromatic N) is 3. The molecule has 1 N–H and O–H groups in total. The van der Waals surface area contributed by atoms with Crippen LogP contribution < -0.4 is 0 Å². The van der Waals surface area contributed by atoms with Crippen LogP contribution in [0.15, 0.2) is 24.8 Å². The van der Waals surface area contributed by atoms with Gasteiger partial charge in [0.1, 0.15) is 11.4 Å². The van der Waals surface area contributed by atoms with Gasteiger partial charge in [-0.1, -0.05) is 0 Å². The molecule has 0 saturated heterocycles. The van der Waals surface area contributed by atoms with Crippen LogP contribution in [0.3, 0.4) is 0 Å². The van der Waals surface area contributed by atoms with Gasteiger partial charge in [-0.2, -0.15) is 8.42 Å². The lowest BCUT2D eigenvalue weighted by Crippen LogP contribution is -2.05. The van der Waals surface area contributed by atoms with Crippen LogP contribution in [0, 0.1) is 0 Å². The highest BCUT2D eigenvalue weighted by Gasteiger charge is 2.11. The molecule has 0 aromatic carbocycles. The van der Waals surface area contributed by atoms with Gasteiger partial charge >= 0.3 is 0 Å². The largest absolute Gasteiger partial charge is 0.304 e. The third kappa shape index (κ3) is 1.73. The Balaban J connectivity index is 2.57. The van der Waals surface area contributed by atoms with Crippen molar-refractivity contribution in [1.29, 1.82) is 0 Å². The number of fused-ring (bicyclic) bond motifs is 1. The number of rotatable bonds is 2. The van der Waals surface area contributed by atoms with Crippen molar-refractivity contribution in [2.45, 2.75) is 5.75 Å². The molecule has 0 saturated carbocycles. The molecule has 0 amide bonds. The Bertz CT molecular complexity index is 560. The summed E-state index contributed by atoms with van der Waals surface area (Å²) in [5, 5.41) is 0. The second-order valence-electron chi connectivity index (χ2n) is 2.76. The zero-order chi connectivity index (χ0) is 10.2. The van der Waals surface area contributed by atoms with Crippen molar-refractivity contribution in [1.82, 2.24) is 14.4 Å². The molecule has 14 heavy (non-hydrogen) atoms. The molecule has 0 fully saturated rings. The van der Waals surface area contributed by atoms with Crippen molar-refractivity contribution >= 4 is 15.8 Å². The van der Waals surface area contributed by atoms with E-state index in [1.807, 2.05) is 0 Å². The molecule has 6 nitrogen and oxygen atoms in total. The van der Waals surface area contributed by atoms with Crippen LogP contribution >= 0.6 is 0 Å². The number of hydrogen-bond acceptors (Lipinski definition) is 4. The Morgan fingerprint density at radius 3 is 2.57 bits per heavy atom. The monoisotopic (exact) mass is 213 g/mol. The fourth-order valence-electron chi connectivity index (χ4n) is 1.18. The van der Waals surface area contributed by atoms with Crippen LogP contribution in [0.4, 0.5) is 0 Å². The summed E-state index contributed by atoms with van der Waals surface area (Å²) in [5.41, 5.74) is 0.671. The first-order valence-corrected chi connectivity index (χ1v) is 5.39. The van der Waals surface area contributed by atoms with Crippen LogP contribution in [-0.2, 0) is 15.9 Å². The summed E-state index contributed by atoms with van der Waals surface area (Å²) in [6.07, 6.45) is 6.31. The SMILES string of the molecule is O=S(=O)(O)Cc1nccn2ccnc12. The summed E-state index contributed by atoms with van der Waals surface area (Å²) >= 11 is 0. The molecule has 0 aliphatic carbocycles. The summed E-state index contributed by atoms with van der Waals surface area (Å²) in [7, 11) is -4.06. The summed E-state index contributed by atoms with van der Waals surface area (Å²) in [6.45, 7) is 0. The molecular formula is C7H7N3O3S. The molecule has 0 aliphatic rings. The van der Waals surface area contributed by atoms with E-state index in [0.29, 0.717) is 5.65 Å². The number of imidazole rings is 1. The molecule has 7 heteroatoms. The molecule has 0 spiro atoms. The predicted octanol–water partition coefficient (Wildman–Crippen LogP) is 0.117. The van der Waals surface area contributed by atoms with Gasteiger partial charge in [-0.15, -0.1) is 0 Å². The molecule has 0 bridgehead atoms. The summed E-state index contributed by atoms with van der Waals surface area (Å²) in [5.74, 6) is -0.519. The van der Waals surface area contributed by atoms with E-state index in [0.717, 1.165) is 0 Å². The maximum Gasteiger partial charge on any atom is 0.270 e. The average molecular weight is 213 g/mol. The molecule has 0 unspecified atom stereocenters. The van der Waals surface area contributed by atoms with Gasteiger partial charge in [0.25, 0.3) is 10.1 Å². The molecule has 0 atom stereocenters. The van der Waals surface area contributed by atoms with E-state index in [-0.39, 0.29) is 5.69 Å². The van der Waals surface area contributed by atoms with E-state index >= 15 is 0 Å². The standard InChI is InChI=1S/C7H7N3O3S/c11-14(12,13)5-6-7-9-2-4-10(7)3-1-8-6/h1-4H,5H2,(H,11,12,13). The van der Waals surface area contributed by atoms with Crippen molar-refractivity contribution in [2.75, 3.05) is 0 Å². The van der Waals surface area contributed by atoms with Crippen molar-refractivity contribution in [3.8, 4) is 0 Å². The lowest BCUT2D eigenvalue weighted by molar-refractivity contribution is 0.481. The highest BCUT2D eigenvalue weighted by molar-refractivity contribution is 7.85. The lowest BCUT2D eigenvalue weighted by Gasteiger charge is -1.99. The Hall–Kier alpha value is -1.47. The second-order valence-corrected chi connectivity index (χ2v) is 4.21. The van der Waals surface area contributed by atoms with E-state index in [1.165, 1.54) is 12.4 Å². The quantitative estimate of drug-likeness (QED) is 0.716. The van der Waals surface area contributed by atoms with Gasteiger partial charge in [-0.3, -0.25) is 9.54 Å². The van der Waals surface area contributed by atoms with Gasteiger partial charge in [0.15, 0.2) is 5.65 Å². The van der Waals surface area contributed by atoms with E-state index < -0.39 is 15.9 Å². The summed E-state index contributed by atoms with van der Waals surface area (Å²) < 4.78 is 31.6. The van der Waals surface area contributed by atoms with Gasteiger partial charge in [-0.05, 0) is 0 Å². The van der Waals surface area contributed by atoms with Crippen molar-refractivity contribution in [3.63, 3.8) is 0 Å². The summed E-state index contributed by atoms with van der Waals surface area (Å²) in [4.78, 5) is 7.77. The number of hydrogen-bond donors (Lipinski definition) is 1. The first-order chi connectivity index (χ1) is 6.56. The molecular weight excluding hydrogens is 206 g/mol. The smallest absolute Gasteiger partial charge is 0.270 e. The van der Waals surface area contributed by atoms with Crippen LogP contribution in [-0.4, -0.2) is 27.3 Å². The maximum atomic E-state index is 10.6. The fourth-order valence-corrected chi connectivity index (χ4v) is 1.73. The Labute approximate surface area is 80.0 Å². The maximum absolute atomic E-state index is 10.6. The Morgan fingerprint density at radius 1 is 1.29 bits per heavy atom. The molecule has 0 aliphatic heterocycles. The predicted molar refractivity (Wildman–Crippen MR) is 48.2 cm³/mol. The van der Waals surface area contributed by atoms with Gasteiger partial charge in [0.2, 0.25) is 0 Å². The van der Waals surface area contributed by atoms with Crippen LogP contribution in [0.5, 0.6) is 0 Å². The first-order valence-electron chi connectivity index (χ1n) is 3.78. The van der Waals surface area contributed by atoms with Gasteiger partial charge in [-0.25, -0.2) is 4.98 Å². The minimum absolute atomic E-state index is 0.236. The Morgan fingerprint density at radius 2 is 1.93 bits per heavy atom. The zero-order valence-corrected chi connectivity index (χ0v) is 7.85. The van der Waals surface area contributed by atoms with Crippen molar-refractivity contribution in [2.24, 2.45) is 0 Å². The second kappa shape index (κ2) is 3.03. The minimum atomic E-state index is -4.06.